The van der Waals surface area contributed by atoms with Gasteiger partial charge < -0.3 is 4.90 Å². The van der Waals surface area contributed by atoms with Crippen LogP contribution in [-0.2, 0) is 0 Å². The predicted octanol–water partition coefficient (Wildman–Crippen LogP) is 4.19. The fraction of sp³-hybridized carbons (Fsp3) is 0.333. The summed E-state index contributed by atoms with van der Waals surface area (Å²) in [7, 11) is 0. The summed E-state index contributed by atoms with van der Waals surface area (Å²) < 4.78 is 0. The second-order valence-corrected chi connectivity index (χ2v) is 7.62. The van der Waals surface area contributed by atoms with Crippen LogP contribution in [0, 0.1) is 0 Å². The molecule has 0 saturated carbocycles. The number of thioether (sulfide) groups is 1. The maximum Gasteiger partial charge on any atom is 0.132 e. The number of aromatic nitrogens is 3. The molecular weight excluding hydrogens is 340 g/mol. The molecule has 1 unspecified atom stereocenters. The summed E-state index contributed by atoms with van der Waals surface area (Å²) >= 11 is 8.09. The molecule has 124 valence electrons. The second-order valence-electron chi connectivity index (χ2n) is 5.96. The molecule has 1 aliphatic heterocycles. The van der Waals surface area contributed by atoms with Crippen LogP contribution in [0.1, 0.15) is 18.0 Å². The molecule has 0 amide bonds. The lowest BCUT2D eigenvalue weighted by molar-refractivity contribution is 0.799. The Hall–Kier alpha value is -1.72. The number of hydrogen-bond donors (Lipinski definition) is 1. The summed E-state index contributed by atoms with van der Waals surface area (Å²) in [5, 5.41) is 8.81. The predicted molar refractivity (Wildman–Crippen MR) is 102 cm³/mol. The standard InChI is InChI=1S/C18H19ClN4S/c19-15-3-1-14(2-4-15)17-16(13-5-7-20-8-6-13)18(22-21-17)23-9-11-24-12-10-23/h1,3-8,14H,2,9-12H2,(H,21,22). The number of aromatic amines is 1. The molecule has 4 nitrogen and oxygen atoms in total. The Morgan fingerprint density at radius 2 is 2.00 bits per heavy atom. The van der Waals surface area contributed by atoms with Gasteiger partial charge in [-0.2, -0.15) is 16.9 Å². The van der Waals surface area contributed by atoms with Crippen LogP contribution < -0.4 is 4.90 Å². The van der Waals surface area contributed by atoms with E-state index in [4.69, 9.17) is 16.7 Å². The van der Waals surface area contributed by atoms with Gasteiger partial charge in [-0.05, 0) is 30.2 Å². The van der Waals surface area contributed by atoms with Crippen LogP contribution in [0.15, 0.2) is 47.8 Å². The highest BCUT2D eigenvalue weighted by atomic mass is 35.5. The van der Waals surface area contributed by atoms with Crippen molar-refractivity contribution in [3.05, 3.63) is 53.5 Å². The third kappa shape index (κ3) is 3.10. The molecule has 0 spiro atoms. The number of nitrogens with one attached hydrogen (secondary N) is 1. The first-order valence-corrected chi connectivity index (χ1v) is 9.71. The molecule has 0 aromatic carbocycles. The van der Waals surface area contributed by atoms with Crippen molar-refractivity contribution in [2.24, 2.45) is 0 Å². The number of rotatable bonds is 3. The summed E-state index contributed by atoms with van der Waals surface area (Å²) in [5.74, 6) is 3.70. The van der Waals surface area contributed by atoms with Gasteiger partial charge in [0.25, 0.3) is 0 Å². The molecule has 1 fully saturated rings. The summed E-state index contributed by atoms with van der Waals surface area (Å²) in [6, 6.07) is 4.12. The summed E-state index contributed by atoms with van der Waals surface area (Å²) in [6.07, 6.45) is 10.8. The molecule has 1 aliphatic carbocycles. The second kappa shape index (κ2) is 7.03. The van der Waals surface area contributed by atoms with Gasteiger partial charge in [0.05, 0.1) is 5.69 Å². The van der Waals surface area contributed by atoms with Crippen LogP contribution in [0.5, 0.6) is 0 Å². The average molecular weight is 359 g/mol. The first-order valence-electron chi connectivity index (χ1n) is 8.18. The Kier molecular flexibility index (Phi) is 4.63. The molecule has 0 bridgehead atoms. The van der Waals surface area contributed by atoms with E-state index in [9.17, 15) is 0 Å². The van der Waals surface area contributed by atoms with Gasteiger partial charge in [0, 0.05) is 53.5 Å². The summed E-state index contributed by atoms with van der Waals surface area (Å²) in [6.45, 7) is 2.10. The Bertz CT molecular complexity index is 763. The van der Waals surface area contributed by atoms with E-state index in [2.05, 4.69) is 39.3 Å². The summed E-state index contributed by atoms with van der Waals surface area (Å²) in [5.41, 5.74) is 3.45. The number of H-pyrrole nitrogens is 1. The fourth-order valence-electron chi connectivity index (χ4n) is 3.23. The van der Waals surface area contributed by atoms with Gasteiger partial charge in [-0.3, -0.25) is 10.1 Å². The number of halogens is 1. The minimum atomic E-state index is 0.250. The molecule has 1 atom stereocenters. The number of nitrogens with zero attached hydrogens (tertiary/aromatic N) is 3. The molecule has 3 heterocycles. The fourth-order valence-corrected chi connectivity index (χ4v) is 4.30. The van der Waals surface area contributed by atoms with Crippen molar-refractivity contribution in [1.82, 2.24) is 15.2 Å². The Morgan fingerprint density at radius 1 is 1.21 bits per heavy atom. The van der Waals surface area contributed by atoms with Gasteiger partial charge in [0.1, 0.15) is 5.82 Å². The van der Waals surface area contributed by atoms with E-state index in [-0.39, 0.29) is 5.92 Å². The zero-order chi connectivity index (χ0) is 16.4. The lowest BCUT2D eigenvalue weighted by Crippen LogP contribution is -2.33. The van der Waals surface area contributed by atoms with E-state index in [1.165, 1.54) is 5.56 Å². The van der Waals surface area contributed by atoms with Gasteiger partial charge in [0.15, 0.2) is 0 Å². The van der Waals surface area contributed by atoms with Gasteiger partial charge in [-0.1, -0.05) is 23.8 Å². The van der Waals surface area contributed by atoms with E-state index in [1.807, 2.05) is 30.2 Å². The SMILES string of the molecule is ClC1=CCC(c2n[nH]c(N3CCSCC3)c2-c2ccncc2)C=C1. The first-order chi connectivity index (χ1) is 11.8. The van der Waals surface area contributed by atoms with Gasteiger partial charge in [-0.25, -0.2) is 0 Å². The Labute approximate surface area is 151 Å². The van der Waals surface area contributed by atoms with E-state index >= 15 is 0 Å². The van der Waals surface area contributed by atoms with Gasteiger partial charge in [-0.15, -0.1) is 0 Å². The molecule has 0 radical (unpaired) electrons. The minimum Gasteiger partial charge on any atom is -0.355 e. The molecule has 2 aromatic heterocycles. The molecule has 2 aliphatic rings. The van der Waals surface area contributed by atoms with E-state index < -0.39 is 0 Å². The zero-order valence-electron chi connectivity index (χ0n) is 13.3. The van der Waals surface area contributed by atoms with Crippen LogP contribution in [-0.4, -0.2) is 39.8 Å². The van der Waals surface area contributed by atoms with Gasteiger partial charge >= 0.3 is 0 Å². The zero-order valence-corrected chi connectivity index (χ0v) is 14.9. The van der Waals surface area contributed by atoms with Crippen LogP contribution in [0.3, 0.4) is 0 Å². The van der Waals surface area contributed by atoms with E-state index in [1.54, 1.807) is 0 Å². The Balaban J connectivity index is 1.77. The molecule has 2 aromatic rings. The number of pyridine rings is 1. The van der Waals surface area contributed by atoms with Crippen molar-refractivity contribution in [3.63, 3.8) is 0 Å². The van der Waals surface area contributed by atoms with Crippen LogP contribution in [0.4, 0.5) is 5.82 Å². The van der Waals surface area contributed by atoms with Crippen molar-refractivity contribution in [2.45, 2.75) is 12.3 Å². The Morgan fingerprint density at radius 3 is 2.71 bits per heavy atom. The van der Waals surface area contributed by atoms with E-state index in [0.717, 1.165) is 53.1 Å². The van der Waals surface area contributed by atoms with Crippen molar-refractivity contribution < 1.29 is 0 Å². The average Bonchev–Trinajstić information content (AvgIpc) is 3.09. The smallest absolute Gasteiger partial charge is 0.132 e. The molecule has 4 rings (SSSR count). The molecule has 1 saturated heterocycles. The van der Waals surface area contributed by atoms with Crippen LogP contribution >= 0.6 is 23.4 Å². The van der Waals surface area contributed by atoms with Crippen molar-refractivity contribution in [3.8, 4) is 11.1 Å². The largest absolute Gasteiger partial charge is 0.355 e. The first kappa shape index (κ1) is 15.8. The monoisotopic (exact) mass is 358 g/mol. The lowest BCUT2D eigenvalue weighted by Gasteiger charge is -2.28. The highest BCUT2D eigenvalue weighted by Crippen LogP contribution is 2.39. The van der Waals surface area contributed by atoms with Crippen LogP contribution in [0.2, 0.25) is 0 Å². The third-order valence-electron chi connectivity index (χ3n) is 4.48. The quantitative estimate of drug-likeness (QED) is 0.893. The molecule has 24 heavy (non-hydrogen) atoms. The van der Waals surface area contributed by atoms with Gasteiger partial charge in [0.2, 0.25) is 0 Å². The highest BCUT2D eigenvalue weighted by Gasteiger charge is 2.25. The van der Waals surface area contributed by atoms with Crippen molar-refractivity contribution in [1.29, 1.82) is 0 Å². The minimum absolute atomic E-state index is 0.250. The molecule has 1 N–H and O–H groups in total. The normalized spacial score (nSPS) is 21.0. The molecule has 6 heteroatoms. The van der Waals surface area contributed by atoms with Crippen molar-refractivity contribution in [2.75, 3.05) is 29.5 Å². The molecular formula is C18H19ClN4S. The van der Waals surface area contributed by atoms with E-state index in [0.29, 0.717) is 0 Å². The maximum absolute atomic E-state index is 6.08. The number of allylic oxidation sites excluding steroid dienone is 4. The maximum atomic E-state index is 6.08. The van der Waals surface area contributed by atoms with Crippen molar-refractivity contribution >= 4 is 29.2 Å². The number of hydrogen-bond acceptors (Lipinski definition) is 4. The third-order valence-corrected chi connectivity index (χ3v) is 5.70. The van der Waals surface area contributed by atoms with Crippen LogP contribution in [0.25, 0.3) is 11.1 Å². The summed E-state index contributed by atoms with van der Waals surface area (Å²) in [4.78, 5) is 6.58. The number of anilines is 1. The lowest BCUT2D eigenvalue weighted by atomic mass is 9.92. The topological polar surface area (TPSA) is 44.8 Å². The highest BCUT2D eigenvalue weighted by molar-refractivity contribution is 7.99.